The van der Waals surface area contributed by atoms with Gasteiger partial charge in [-0.2, -0.15) is 10.2 Å². The molecule has 1 aromatic heterocycles. The summed E-state index contributed by atoms with van der Waals surface area (Å²) in [5.41, 5.74) is 2.14. The average Bonchev–Trinajstić information content (AvgIpc) is 2.88. The van der Waals surface area contributed by atoms with Gasteiger partial charge < -0.3 is 4.74 Å². The number of hydroxylamine groups is 2. The lowest BCUT2D eigenvalue weighted by molar-refractivity contribution is -0.0796. The highest BCUT2D eigenvalue weighted by Gasteiger charge is 2.28. The molecule has 0 radical (unpaired) electrons. The molecule has 2 aromatic rings. The fourth-order valence-corrected chi connectivity index (χ4v) is 2.91. The molecule has 0 saturated heterocycles. The number of nitrogens with zero attached hydrogens (tertiary/aromatic N) is 3. The molecule has 0 aliphatic carbocycles. The highest BCUT2D eigenvalue weighted by Crippen LogP contribution is 2.34. The van der Waals surface area contributed by atoms with Gasteiger partial charge in [0, 0.05) is 24.7 Å². The van der Waals surface area contributed by atoms with Crippen LogP contribution in [0.5, 0.6) is 5.88 Å². The number of aryl methyl sites for hydroxylation is 3. The fourth-order valence-electron chi connectivity index (χ4n) is 2.47. The Morgan fingerprint density at radius 3 is 2.38 bits per heavy atom. The average molecular weight is 400 g/mol. The van der Waals surface area contributed by atoms with E-state index in [0.29, 0.717) is 16.3 Å². The van der Waals surface area contributed by atoms with E-state index in [-0.39, 0.29) is 22.0 Å². The van der Waals surface area contributed by atoms with E-state index in [2.05, 4.69) is 5.10 Å². The number of ether oxygens (including phenoxy) is 1. The van der Waals surface area contributed by atoms with Crippen molar-refractivity contribution < 1.29 is 19.2 Å². The van der Waals surface area contributed by atoms with Crippen molar-refractivity contribution in [1.82, 2.24) is 14.8 Å². The van der Waals surface area contributed by atoms with Gasteiger partial charge in [-0.15, -0.1) is 0 Å². The molecular weight excluding hydrogens is 381 g/mol. The molecule has 1 amide bonds. The van der Waals surface area contributed by atoms with E-state index < -0.39 is 11.9 Å². The van der Waals surface area contributed by atoms with Crippen LogP contribution in [0.25, 0.3) is 0 Å². The predicted molar refractivity (Wildman–Crippen MR) is 98.1 cm³/mol. The monoisotopic (exact) mass is 399 g/mol. The third-order valence-corrected chi connectivity index (χ3v) is 5.03. The van der Waals surface area contributed by atoms with Gasteiger partial charge in [0.05, 0.1) is 17.8 Å². The van der Waals surface area contributed by atoms with Crippen molar-refractivity contribution in [1.29, 1.82) is 0 Å². The van der Waals surface area contributed by atoms with E-state index in [1.807, 2.05) is 0 Å². The van der Waals surface area contributed by atoms with Crippen LogP contribution in [0.4, 0.5) is 4.79 Å². The molecule has 0 unspecified atom stereocenters. The molecule has 7 nitrogen and oxygen atoms in total. The van der Waals surface area contributed by atoms with Gasteiger partial charge in [-0.05, 0) is 38.0 Å². The van der Waals surface area contributed by atoms with Crippen molar-refractivity contribution in [2.75, 3.05) is 14.2 Å². The largest absolute Gasteiger partial charge is 0.440 e. The summed E-state index contributed by atoms with van der Waals surface area (Å²) in [5, 5.41) is 5.82. The van der Waals surface area contributed by atoms with E-state index in [4.69, 9.17) is 32.8 Å². The third kappa shape index (κ3) is 3.56. The second kappa shape index (κ2) is 7.65. The van der Waals surface area contributed by atoms with E-state index in [9.17, 15) is 9.59 Å². The lowest BCUT2D eigenvalue weighted by Gasteiger charge is -2.15. The lowest BCUT2D eigenvalue weighted by atomic mass is 9.99. The van der Waals surface area contributed by atoms with Crippen LogP contribution in [0, 0.1) is 20.8 Å². The molecule has 140 valence electrons. The van der Waals surface area contributed by atoms with Crippen molar-refractivity contribution in [3.05, 3.63) is 44.1 Å². The maximum Gasteiger partial charge on any atom is 0.440 e. The van der Waals surface area contributed by atoms with Gasteiger partial charge in [0.25, 0.3) is 0 Å². The first-order valence-corrected chi connectivity index (χ1v) is 8.38. The van der Waals surface area contributed by atoms with Crippen LogP contribution in [0.3, 0.4) is 0 Å². The summed E-state index contributed by atoms with van der Waals surface area (Å²) < 4.78 is 6.60. The Morgan fingerprint density at radius 1 is 1.19 bits per heavy atom. The summed E-state index contributed by atoms with van der Waals surface area (Å²) in [5.74, 6) is -0.408. The van der Waals surface area contributed by atoms with Crippen LogP contribution in [-0.4, -0.2) is 40.9 Å². The highest BCUT2D eigenvalue weighted by molar-refractivity contribution is 6.39. The van der Waals surface area contributed by atoms with Crippen LogP contribution in [0.2, 0.25) is 10.0 Å². The SMILES string of the molecule is CON(C)C(=O)Oc1c(C(=O)c2cc(C)c(Cl)c(C)c2Cl)c(C)nn1C. The van der Waals surface area contributed by atoms with E-state index >= 15 is 0 Å². The molecule has 0 spiro atoms. The zero-order valence-corrected chi connectivity index (χ0v) is 16.8. The van der Waals surface area contributed by atoms with Gasteiger partial charge in [-0.3, -0.25) is 9.63 Å². The van der Waals surface area contributed by atoms with E-state index in [1.165, 1.54) is 18.8 Å². The molecule has 1 heterocycles. The molecule has 9 heteroatoms. The van der Waals surface area contributed by atoms with Crippen molar-refractivity contribution in [3.8, 4) is 5.88 Å². The van der Waals surface area contributed by atoms with Crippen molar-refractivity contribution in [3.63, 3.8) is 0 Å². The molecule has 0 fully saturated rings. The number of rotatable bonds is 4. The van der Waals surface area contributed by atoms with Gasteiger partial charge in [0.1, 0.15) is 5.56 Å². The van der Waals surface area contributed by atoms with Gasteiger partial charge >= 0.3 is 6.09 Å². The minimum absolute atomic E-state index is 0.00252. The standard InChI is InChI=1S/C17H19Cl2N3O4/c1-8-7-11(14(19)9(2)13(8)18)15(23)12-10(3)20-21(4)16(12)26-17(24)22(5)25-6/h7H,1-6H3. The first-order chi connectivity index (χ1) is 12.1. The summed E-state index contributed by atoms with van der Waals surface area (Å²) in [6.07, 6.45) is -0.792. The fraction of sp³-hybridized carbons (Fsp3) is 0.353. The summed E-state index contributed by atoms with van der Waals surface area (Å²) in [7, 11) is 4.27. The molecule has 26 heavy (non-hydrogen) atoms. The number of hydrogen-bond donors (Lipinski definition) is 0. The second-order valence-electron chi connectivity index (χ2n) is 5.76. The zero-order chi connectivity index (χ0) is 19.8. The van der Waals surface area contributed by atoms with Crippen molar-refractivity contribution in [2.45, 2.75) is 20.8 Å². The topological polar surface area (TPSA) is 73.7 Å². The third-order valence-electron chi connectivity index (χ3n) is 3.96. The second-order valence-corrected chi connectivity index (χ2v) is 6.52. The van der Waals surface area contributed by atoms with E-state index in [0.717, 1.165) is 10.6 Å². The Balaban J connectivity index is 2.56. The minimum Gasteiger partial charge on any atom is -0.389 e. The number of ketones is 1. The Kier molecular flexibility index (Phi) is 5.95. The number of carbonyl (C=O) groups excluding carboxylic acids is 2. The first-order valence-electron chi connectivity index (χ1n) is 7.63. The molecule has 2 rings (SSSR count). The number of hydrogen-bond acceptors (Lipinski definition) is 5. The Hall–Kier alpha value is -2.09. The molecule has 0 N–H and O–H groups in total. The predicted octanol–water partition coefficient (Wildman–Crippen LogP) is 3.88. The molecule has 1 aromatic carbocycles. The van der Waals surface area contributed by atoms with Crippen LogP contribution >= 0.6 is 23.2 Å². The number of aromatic nitrogens is 2. The van der Waals surface area contributed by atoms with E-state index in [1.54, 1.807) is 33.9 Å². The molecule has 0 aliphatic heterocycles. The summed E-state index contributed by atoms with van der Waals surface area (Å²) >= 11 is 12.5. The molecular formula is C17H19Cl2N3O4. The van der Waals surface area contributed by atoms with Gasteiger partial charge in [-0.25, -0.2) is 9.48 Å². The summed E-state index contributed by atoms with van der Waals surface area (Å²) in [6.45, 7) is 5.17. The van der Waals surface area contributed by atoms with Crippen LogP contribution in [-0.2, 0) is 11.9 Å². The normalized spacial score (nSPS) is 10.8. The quantitative estimate of drug-likeness (QED) is 0.575. The van der Waals surface area contributed by atoms with Crippen molar-refractivity contribution >= 4 is 35.1 Å². The van der Waals surface area contributed by atoms with Crippen LogP contribution in [0.1, 0.15) is 32.7 Å². The number of halogens is 2. The molecule has 0 bridgehead atoms. The number of carbonyl (C=O) groups is 2. The Labute approximate surface area is 161 Å². The van der Waals surface area contributed by atoms with Crippen LogP contribution < -0.4 is 4.74 Å². The number of amides is 1. The first kappa shape index (κ1) is 20.2. The summed E-state index contributed by atoms with van der Waals surface area (Å²) in [4.78, 5) is 29.9. The minimum atomic E-state index is -0.792. The molecule has 0 atom stereocenters. The van der Waals surface area contributed by atoms with Gasteiger partial charge in [0.2, 0.25) is 11.7 Å². The lowest BCUT2D eigenvalue weighted by Crippen LogP contribution is -2.29. The highest BCUT2D eigenvalue weighted by atomic mass is 35.5. The van der Waals surface area contributed by atoms with Gasteiger partial charge in [-0.1, -0.05) is 23.2 Å². The smallest absolute Gasteiger partial charge is 0.389 e. The van der Waals surface area contributed by atoms with Crippen LogP contribution in [0.15, 0.2) is 6.07 Å². The molecule has 0 saturated carbocycles. The maximum atomic E-state index is 13.1. The Morgan fingerprint density at radius 2 is 1.81 bits per heavy atom. The number of benzene rings is 1. The molecule has 0 aliphatic rings. The van der Waals surface area contributed by atoms with Crippen molar-refractivity contribution in [2.24, 2.45) is 7.05 Å². The maximum absolute atomic E-state index is 13.1. The summed E-state index contributed by atoms with van der Waals surface area (Å²) in [6, 6.07) is 1.61. The van der Waals surface area contributed by atoms with Gasteiger partial charge in [0.15, 0.2) is 0 Å². The zero-order valence-electron chi connectivity index (χ0n) is 15.3. The Bertz CT molecular complexity index is 893.